The predicted molar refractivity (Wildman–Crippen MR) is 79.0 cm³/mol. The summed E-state index contributed by atoms with van der Waals surface area (Å²) in [6.07, 6.45) is 1.30. The minimum atomic E-state index is 0.790. The van der Waals surface area contributed by atoms with E-state index in [0.29, 0.717) is 0 Å². The molecule has 2 aromatic rings. The van der Waals surface area contributed by atoms with Crippen molar-refractivity contribution in [2.75, 3.05) is 33.0 Å². The summed E-state index contributed by atoms with van der Waals surface area (Å²) in [6, 6.07) is 5.94. The molecular weight excluding hydrogens is 258 g/mol. The van der Waals surface area contributed by atoms with Crippen LogP contribution in [0.15, 0.2) is 23.4 Å². The SMILES string of the molecule is COc1ccc2nc(SCC3CCN(C)C3)[nH]c2c1. The van der Waals surface area contributed by atoms with Gasteiger partial charge in [-0.2, -0.15) is 0 Å². The van der Waals surface area contributed by atoms with Gasteiger partial charge in [0.15, 0.2) is 5.16 Å². The number of aromatic nitrogens is 2. The van der Waals surface area contributed by atoms with Gasteiger partial charge in [-0.15, -0.1) is 0 Å². The highest BCUT2D eigenvalue weighted by Crippen LogP contribution is 2.26. The molecule has 1 fully saturated rings. The molecule has 1 aromatic heterocycles. The summed E-state index contributed by atoms with van der Waals surface area (Å²) >= 11 is 1.82. The zero-order valence-electron chi connectivity index (χ0n) is 11.3. The third kappa shape index (κ3) is 2.87. The van der Waals surface area contributed by atoms with Gasteiger partial charge in [0, 0.05) is 18.4 Å². The second kappa shape index (κ2) is 5.43. The lowest BCUT2D eigenvalue weighted by atomic mass is 10.2. The van der Waals surface area contributed by atoms with Crippen LogP contribution < -0.4 is 4.74 Å². The van der Waals surface area contributed by atoms with Gasteiger partial charge >= 0.3 is 0 Å². The Hall–Kier alpha value is -1.20. The van der Waals surface area contributed by atoms with Crippen LogP contribution in [0.25, 0.3) is 11.0 Å². The first-order valence-electron chi connectivity index (χ1n) is 6.59. The summed E-state index contributed by atoms with van der Waals surface area (Å²) in [5.41, 5.74) is 2.05. The van der Waals surface area contributed by atoms with Crippen LogP contribution >= 0.6 is 11.8 Å². The van der Waals surface area contributed by atoms with Gasteiger partial charge in [-0.1, -0.05) is 11.8 Å². The third-order valence-electron chi connectivity index (χ3n) is 3.61. The first-order chi connectivity index (χ1) is 9.24. The molecule has 19 heavy (non-hydrogen) atoms. The molecule has 3 rings (SSSR count). The van der Waals surface area contributed by atoms with E-state index in [1.54, 1.807) is 7.11 Å². The molecule has 0 radical (unpaired) electrons. The molecule has 2 heterocycles. The van der Waals surface area contributed by atoms with Crippen molar-refractivity contribution in [1.82, 2.24) is 14.9 Å². The summed E-state index contributed by atoms with van der Waals surface area (Å²) in [6.45, 7) is 2.43. The summed E-state index contributed by atoms with van der Waals surface area (Å²) in [5, 5.41) is 1.01. The van der Waals surface area contributed by atoms with E-state index in [9.17, 15) is 0 Å². The summed E-state index contributed by atoms with van der Waals surface area (Å²) < 4.78 is 5.22. The Morgan fingerprint density at radius 3 is 3.16 bits per heavy atom. The van der Waals surface area contributed by atoms with E-state index in [-0.39, 0.29) is 0 Å². The van der Waals surface area contributed by atoms with Gasteiger partial charge in [0.1, 0.15) is 5.75 Å². The smallest absolute Gasteiger partial charge is 0.166 e. The number of ether oxygens (including phenoxy) is 1. The Bertz CT molecular complexity index is 569. The largest absolute Gasteiger partial charge is 0.497 e. The minimum Gasteiger partial charge on any atom is -0.497 e. The van der Waals surface area contributed by atoms with Crippen LogP contribution in [-0.4, -0.2) is 47.9 Å². The second-order valence-corrected chi connectivity index (χ2v) is 6.16. The standard InChI is InChI=1S/C14H19N3OS/c1-17-6-5-10(8-17)9-19-14-15-12-4-3-11(18-2)7-13(12)16-14/h3-4,7,10H,5-6,8-9H2,1-2H3,(H,15,16). The molecule has 1 saturated heterocycles. The van der Waals surface area contributed by atoms with E-state index < -0.39 is 0 Å². The number of likely N-dealkylation sites (tertiary alicyclic amines) is 1. The van der Waals surface area contributed by atoms with Crippen molar-refractivity contribution in [2.24, 2.45) is 5.92 Å². The second-order valence-electron chi connectivity index (χ2n) is 5.15. The number of H-pyrrole nitrogens is 1. The van der Waals surface area contributed by atoms with Crippen LogP contribution in [0, 0.1) is 5.92 Å². The normalized spacial score (nSPS) is 20.2. The molecule has 0 saturated carbocycles. The van der Waals surface area contributed by atoms with E-state index in [1.807, 2.05) is 30.0 Å². The number of nitrogens with one attached hydrogen (secondary N) is 1. The van der Waals surface area contributed by atoms with Crippen molar-refractivity contribution in [2.45, 2.75) is 11.6 Å². The van der Waals surface area contributed by atoms with E-state index in [0.717, 1.165) is 33.6 Å². The van der Waals surface area contributed by atoms with E-state index in [1.165, 1.54) is 19.5 Å². The van der Waals surface area contributed by atoms with Gasteiger partial charge in [0.05, 0.1) is 18.1 Å². The van der Waals surface area contributed by atoms with Gasteiger partial charge in [0.25, 0.3) is 0 Å². The van der Waals surface area contributed by atoms with Crippen LogP contribution in [0.2, 0.25) is 0 Å². The summed E-state index contributed by atoms with van der Waals surface area (Å²) in [7, 11) is 3.88. The fourth-order valence-corrected chi connectivity index (χ4v) is 3.53. The zero-order valence-corrected chi connectivity index (χ0v) is 12.2. The molecular formula is C14H19N3OS. The average molecular weight is 277 g/mol. The molecule has 0 amide bonds. The maximum atomic E-state index is 5.22. The number of benzene rings is 1. The molecule has 4 nitrogen and oxygen atoms in total. The van der Waals surface area contributed by atoms with Crippen LogP contribution in [0.3, 0.4) is 0 Å². The highest BCUT2D eigenvalue weighted by molar-refractivity contribution is 7.99. The number of hydrogen-bond donors (Lipinski definition) is 1. The molecule has 0 bridgehead atoms. The van der Waals surface area contributed by atoms with Crippen LogP contribution in [0.4, 0.5) is 0 Å². The lowest BCUT2D eigenvalue weighted by Gasteiger charge is -2.08. The number of hydrogen-bond acceptors (Lipinski definition) is 4. The van der Waals surface area contributed by atoms with Crippen LogP contribution in [0.5, 0.6) is 5.75 Å². The van der Waals surface area contributed by atoms with Crippen LogP contribution in [0.1, 0.15) is 6.42 Å². The van der Waals surface area contributed by atoms with Crippen molar-refractivity contribution in [1.29, 1.82) is 0 Å². The summed E-state index contributed by atoms with van der Waals surface area (Å²) in [4.78, 5) is 10.4. The van der Waals surface area contributed by atoms with E-state index in [4.69, 9.17) is 4.74 Å². The quantitative estimate of drug-likeness (QED) is 0.872. The fraction of sp³-hybridized carbons (Fsp3) is 0.500. The highest BCUT2D eigenvalue weighted by atomic mass is 32.2. The Morgan fingerprint density at radius 1 is 1.53 bits per heavy atom. The van der Waals surface area contributed by atoms with Crippen molar-refractivity contribution in [3.63, 3.8) is 0 Å². The predicted octanol–water partition coefficient (Wildman–Crippen LogP) is 2.62. The number of fused-ring (bicyclic) bond motifs is 1. The van der Waals surface area contributed by atoms with Crippen molar-refractivity contribution in [3.8, 4) is 5.75 Å². The Kier molecular flexibility index (Phi) is 3.66. The molecule has 1 unspecified atom stereocenters. The number of methoxy groups -OCH3 is 1. The molecule has 0 aliphatic carbocycles. The molecule has 102 valence electrons. The first-order valence-corrected chi connectivity index (χ1v) is 7.58. The number of imidazole rings is 1. The minimum absolute atomic E-state index is 0.790. The monoisotopic (exact) mass is 277 g/mol. The van der Waals surface area contributed by atoms with E-state index >= 15 is 0 Å². The van der Waals surface area contributed by atoms with Gasteiger partial charge in [-0.3, -0.25) is 0 Å². The van der Waals surface area contributed by atoms with Gasteiger partial charge < -0.3 is 14.6 Å². The molecule has 1 aromatic carbocycles. The Balaban J connectivity index is 1.67. The first kappa shape index (κ1) is 12.8. The van der Waals surface area contributed by atoms with E-state index in [2.05, 4.69) is 21.9 Å². The maximum absolute atomic E-state index is 5.22. The molecule has 0 spiro atoms. The van der Waals surface area contributed by atoms with Crippen molar-refractivity contribution in [3.05, 3.63) is 18.2 Å². The average Bonchev–Trinajstić information content (AvgIpc) is 3.01. The van der Waals surface area contributed by atoms with Crippen molar-refractivity contribution >= 4 is 22.8 Å². The highest BCUT2D eigenvalue weighted by Gasteiger charge is 2.19. The number of nitrogens with zero attached hydrogens (tertiary/aromatic N) is 2. The van der Waals surface area contributed by atoms with Crippen molar-refractivity contribution < 1.29 is 4.74 Å². The topological polar surface area (TPSA) is 41.1 Å². The number of aromatic amines is 1. The number of thioether (sulfide) groups is 1. The fourth-order valence-electron chi connectivity index (χ4n) is 2.52. The summed E-state index contributed by atoms with van der Waals surface area (Å²) in [5.74, 6) is 2.80. The molecule has 1 aliphatic rings. The van der Waals surface area contributed by atoms with Gasteiger partial charge in [-0.05, 0) is 38.1 Å². The lowest BCUT2D eigenvalue weighted by Crippen LogP contribution is -2.14. The molecule has 1 atom stereocenters. The van der Waals surface area contributed by atoms with Gasteiger partial charge in [-0.25, -0.2) is 4.98 Å². The molecule has 5 heteroatoms. The third-order valence-corrected chi connectivity index (χ3v) is 4.72. The zero-order chi connectivity index (χ0) is 13.2. The molecule has 1 aliphatic heterocycles. The Morgan fingerprint density at radius 2 is 2.42 bits per heavy atom. The number of rotatable bonds is 4. The maximum Gasteiger partial charge on any atom is 0.166 e. The van der Waals surface area contributed by atoms with Gasteiger partial charge in [0.2, 0.25) is 0 Å². The molecule has 1 N–H and O–H groups in total. The Labute approximate surface area is 117 Å². The lowest BCUT2D eigenvalue weighted by molar-refractivity contribution is 0.403. The van der Waals surface area contributed by atoms with Crippen LogP contribution in [-0.2, 0) is 0 Å².